The monoisotopic (exact) mass is 484 g/mol. The maximum atomic E-state index is 6.10. The Hall–Kier alpha value is -2.52. The first kappa shape index (κ1) is 26.1. The molecule has 0 spiro atoms. The molecule has 1 fully saturated rings. The van der Waals surface area contributed by atoms with Crippen molar-refractivity contribution < 1.29 is 0 Å². The summed E-state index contributed by atoms with van der Waals surface area (Å²) in [5, 5.41) is 8.55. The van der Waals surface area contributed by atoms with Crippen molar-refractivity contribution in [3.05, 3.63) is 47.8 Å². The van der Waals surface area contributed by atoms with Crippen LogP contribution in [0, 0.1) is 0 Å². The number of hydrogen-bond donors (Lipinski definition) is 2. The van der Waals surface area contributed by atoms with Crippen molar-refractivity contribution in [3.8, 4) is 0 Å². The number of aliphatic imine (C=N–C) groups is 2. The summed E-state index contributed by atoms with van der Waals surface area (Å²) in [6, 6.07) is 7.85. The molecule has 0 atom stereocenters. The summed E-state index contributed by atoms with van der Waals surface area (Å²) < 4.78 is 0. The van der Waals surface area contributed by atoms with Crippen molar-refractivity contribution in [1.82, 2.24) is 25.0 Å². The quantitative estimate of drug-likeness (QED) is 0.356. The molecular formula is C25H37ClN8. The van der Waals surface area contributed by atoms with Gasteiger partial charge in [-0.3, -0.25) is 19.9 Å². The zero-order valence-corrected chi connectivity index (χ0v) is 21.1. The van der Waals surface area contributed by atoms with E-state index in [0.29, 0.717) is 5.02 Å². The van der Waals surface area contributed by atoms with Crippen molar-refractivity contribution in [3.63, 3.8) is 0 Å². The predicted octanol–water partition coefficient (Wildman–Crippen LogP) is 2.68. The number of pyridine rings is 1. The molecule has 0 amide bonds. The molecular weight excluding hydrogens is 448 g/mol. The van der Waals surface area contributed by atoms with E-state index in [4.69, 9.17) is 16.6 Å². The number of halogens is 1. The van der Waals surface area contributed by atoms with Gasteiger partial charge in [-0.25, -0.2) is 0 Å². The van der Waals surface area contributed by atoms with Crippen LogP contribution in [0.1, 0.15) is 0 Å². The van der Waals surface area contributed by atoms with E-state index in [2.05, 4.69) is 49.1 Å². The molecule has 2 heterocycles. The van der Waals surface area contributed by atoms with Gasteiger partial charge in [0.05, 0.1) is 12.1 Å². The van der Waals surface area contributed by atoms with Crippen LogP contribution < -0.4 is 10.6 Å². The fourth-order valence-electron chi connectivity index (χ4n) is 3.95. The standard InChI is InChI=1S/C25H37ClN8/c1-27-8-7-25(31-11-14-32(3)13-10-28-2)34-18-16-33(17-19-34)15-12-30-23-6-9-29-24-20-21(26)4-5-22(23)24/h4-9,20,28H,1,10-19H2,2-3H3,(H,29,30)/b8-7-,31-25?. The average Bonchev–Trinajstić information content (AvgIpc) is 2.85. The minimum absolute atomic E-state index is 0.706. The lowest BCUT2D eigenvalue weighted by Crippen LogP contribution is -2.49. The van der Waals surface area contributed by atoms with E-state index < -0.39 is 0 Å². The van der Waals surface area contributed by atoms with Crippen LogP contribution in [0.3, 0.4) is 0 Å². The number of anilines is 1. The van der Waals surface area contributed by atoms with Gasteiger partial charge >= 0.3 is 0 Å². The average molecular weight is 485 g/mol. The molecule has 0 aliphatic carbocycles. The highest BCUT2D eigenvalue weighted by Crippen LogP contribution is 2.24. The Morgan fingerprint density at radius 3 is 2.79 bits per heavy atom. The number of piperazine rings is 1. The van der Waals surface area contributed by atoms with E-state index in [0.717, 1.165) is 87.9 Å². The second-order valence-electron chi connectivity index (χ2n) is 8.42. The van der Waals surface area contributed by atoms with Gasteiger partial charge in [0.25, 0.3) is 0 Å². The molecule has 0 bridgehead atoms. The maximum absolute atomic E-state index is 6.10. The summed E-state index contributed by atoms with van der Waals surface area (Å²) in [5.74, 6) is 0.995. The van der Waals surface area contributed by atoms with E-state index in [1.165, 1.54) is 0 Å². The zero-order valence-electron chi connectivity index (χ0n) is 20.4. The summed E-state index contributed by atoms with van der Waals surface area (Å²) in [7, 11) is 4.11. The molecule has 1 aliphatic heterocycles. The van der Waals surface area contributed by atoms with E-state index in [9.17, 15) is 0 Å². The second-order valence-corrected chi connectivity index (χ2v) is 8.86. The SMILES string of the molecule is C=N/C=C\C(=NCCN(C)CCNC)N1CCN(CCNc2ccnc3cc(Cl)ccc23)CC1. The zero-order chi connectivity index (χ0) is 24.2. The van der Waals surface area contributed by atoms with Crippen LogP contribution in [0.2, 0.25) is 5.02 Å². The molecule has 2 aromatic rings. The van der Waals surface area contributed by atoms with Crippen LogP contribution in [-0.2, 0) is 0 Å². The number of rotatable bonds is 12. The molecule has 8 nitrogen and oxygen atoms in total. The first-order valence-electron chi connectivity index (χ1n) is 11.9. The van der Waals surface area contributed by atoms with Crippen LogP contribution in [0.5, 0.6) is 0 Å². The third-order valence-corrected chi connectivity index (χ3v) is 6.21. The molecule has 34 heavy (non-hydrogen) atoms. The van der Waals surface area contributed by atoms with Gasteiger partial charge in [-0.1, -0.05) is 11.6 Å². The van der Waals surface area contributed by atoms with Crippen LogP contribution in [0.15, 0.2) is 52.7 Å². The molecule has 1 aliphatic rings. The Kier molecular flexibility index (Phi) is 10.8. The fraction of sp³-hybridized carbons (Fsp3) is 0.480. The van der Waals surface area contributed by atoms with Gasteiger partial charge in [-0.15, -0.1) is 0 Å². The topological polar surface area (TPSA) is 71.4 Å². The number of amidine groups is 1. The maximum Gasteiger partial charge on any atom is 0.125 e. The highest BCUT2D eigenvalue weighted by Gasteiger charge is 2.18. The lowest BCUT2D eigenvalue weighted by Gasteiger charge is -2.36. The first-order chi connectivity index (χ1) is 16.6. The van der Waals surface area contributed by atoms with E-state index in [1.54, 1.807) is 6.20 Å². The van der Waals surface area contributed by atoms with Gasteiger partial charge in [0.15, 0.2) is 0 Å². The minimum atomic E-state index is 0.706. The third kappa shape index (κ3) is 8.06. The molecule has 2 N–H and O–H groups in total. The van der Waals surface area contributed by atoms with Crippen molar-refractivity contribution in [2.75, 3.05) is 84.9 Å². The van der Waals surface area contributed by atoms with Crippen LogP contribution >= 0.6 is 11.6 Å². The number of benzene rings is 1. The Balaban J connectivity index is 1.47. The van der Waals surface area contributed by atoms with E-state index in [1.807, 2.05) is 43.6 Å². The van der Waals surface area contributed by atoms with Crippen molar-refractivity contribution in [1.29, 1.82) is 0 Å². The number of fused-ring (bicyclic) bond motifs is 1. The van der Waals surface area contributed by atoms with Gasteiger partial charge in [-0.05, 0) is 51.2 Å². The van der Waals surface area contributed by atoms with Gasteiger partial charge in [0.1, 0.15) is 5.84 Å². The highest BCUT2D eigenvalue weighted by atomic mass is 35.5. The molecule has 184 valence electrons. The predicted molar refractivity (Wildman–Crippen MR) is 146 cm³/mol. The number of nitrogens with one attached hydrogen (secondary N) is 2. The lowest BCUT2D eigenvalue weighted by atomic mass is 10.2. The van der Waals surface area contributed by atoms with Crippen molar-refractivity contribution in [2.24, 2.45) is 9.98 Å². The van der Waals surface area contributed by atoms with Crippen molar-refractivity contribution >= 4 is 40.7 Å². The summed E-state index contributed by atoms with van der Waals surface area (Å²) in [6.07, 6.45) is 5.52. The Labute approximate surface area is 208 Å². The van der Waals surface area contributed by atoms with Gasteiger partial charge < -0.3 is 20.4 Å². The normalized spacial score (nSPS) is 15.5. The Morgan fingerprint density at radius 2 is 2.03 bits per heavy atom. The summed E-state index contributed by atoms with van der Waals surface area (Å²) >= 11 is 6.10. The Bertz CT molecular complexity index is 969. The summed E-state index contributed by atoms with van der Waals surface area (Å²) in [4.78, 5) is 20.3. The lowest BCUT2D eigenvalue weighted by molar-refractivity contribution is 0.188. The number of hydrogen-bond acceptors (Lipinski definition) is 7. The molecule has 1 aromatic carbocycles. The molecule has 3 rings (SSSR count). The van der Waals surface area contributed by atoms with Crippen LogP contribution in [-0.4, -0.2) is 112 Å². The Morgan fingerprint density at radius 1 is 1.21 bits per heavy atom. The number of nitrogens with zero attached hydrogens (tertiary/aromatic N) is 6. The smallest absolute Gasteiger partial charge is 0.125 e. The van der Waals surface area contributed by atoms with Crippen LogP contribution in [0.25, 0.3) is 10.9 Å². The highest BCUT2D eigenvalue weighted by molar-refractivity contribution is 6.31. The molecule has 1 aromatic heterocycles. The molecule has 0 radical (unpaired) electrons. The molecule has 0 unspecified atom stereocenters. The fourth-order valence-corrected chi connectivity index (χ4v) is 4.12. The summed E-state index contributed by atoms with van der Waals surface area (Å²) in [6.45, 7) is 13.0. The molecule has 9 heteroatoms. The summed E-state index contributed by atoms with van der Waals surface area (Å²) in [5.41, 5.74) is 2.00. The van der Waals surface area contributed by atoms with Gasteiger partial charge in [0.2, 0.25) is 0 Å². The molecule has 0 saturated carbocycles. The molecule has 1 saturated heterocycles. The van der Waals surface area contributed by atoms with Crippen molar-refractivity contribution in [2.45, 2.75) is 0 Å². The number of aromatic nitrogens is 1. The number of likely N-dealkylation sites (N-methyl/N-ethyl adjacent to an activating group) is 2. The largest absolute Gasteiger partial charge is 0.383 e. The van der Waals surface area contributed by atoms with Crippen LogP contribution in [0.4, 0.5) is 5.69 Å². The second kappa shape index (κ2) is 14.0. The minimum Gasteiger partial charge on any atom is -0.383 e. The first-order valence-corrected chi connectivity index (χ1v) is 12.2. The van der Waals surface area contributed by atoms with E-state index in [-0.39, 0.29) is 0 Å². The third-order valence-electron chi connectivity index (χ3n) is 5.97. The van der Waals surface area contributed by atoms with E-state index >= 15 is 0 Å². The van der Waals surface area contributed by atoms with Gasteiger partial charge in [-0.2, -0.15) is 0 Å². The van der Waals surface area contributed by atoms with Gasteiger partial charge in [0, 0.05) is 87.4 Å².